The summed E-state index contributed by atoms with van der Waals surface area (Å²) in [5.74, 6) is 3.20. The van der Waals surface area contributed by atoms with E-state index in [4.69, 9.17) is 4.74 Å². The monoisotopic (exact) mass is 385 g/mol. The molecule has 0 aliphatic carbocycles. The SMILES string of the molecule is COc1ccc(CN(C)C(=O)NCc2ccc(N3CCSCC3)cc2)cc1. The van der Waals surface area contributed by atoms with Crippen LogP contribution in [0.3, 0.4) is 0 Å². The van der Waals surface area contributed by atoms with Crippen LogP contribution in [0.4, 0.5) is 10.5 Å². The van der Waals surface area contributed by atoms with Crippen LogP contribution in [0.5, 0.6) is 5.75 Å². The molecule has 2 amide bonds. The van der Waals surface area contributed by atoms with Gasteiger partial charge in [-0.25, -0.2) is 4.79 Å². The van der Waals surface area contributed by atoms with Gasteiger partial charge in [-0.15, -0.1) is 0 Å². The van der Waals surface area contributed by atoms with Gasteiger partial charge in [-0.2, -0.15) is 11.8 Å². The normalized spacial score (nSPS) is 13.9. The molecule has 0 aromatic heterocycles. The number of ether oxygens (including phenoxy) is 1. The Morgan fingerprint density at radius 2 is 1.70 bits per heavy atom. The Bertz CT molecular complexity index is 728. The number of hydrogen-bond acceptors (Lipinski definition) is 4. The van der Waals surface area contributed by atoms with E-state index in [-0.39, 0.29) is 6.03 Å². The highest BCUT2D eigenvalue weighted by Crippen LogP contribution is 2.20. The smallest absolute Gasteiger partial charge is 0.317 e. The summed E-state index contributed by atoms with van der Waals surface area (Å²) in [6.45, 7) is 3.30. The van der Waals surface area contributed by atoms with E-state index in [1.54, 1.807) is 19.1 Å². The molecule has 0 radical (unpaired) electrons. The summed E-state index contributed by atoms with van der Waals surface area (Å²) in [6.07, 6.45) is 0. The molecular formula is C21H27N3O2S. The fourth-order valence-electron chi connectivity index (χ4n) is 3.04. The minimum absolute atomic E-state index is 0.0806. The second-order valence-corrected chi connectivity index (χ2v) is 7.85. The van der Waals surface area contributed by atoms with Crippen LogP contribution in [0.2, 0.25) is 0 Å². The van der Waals surface area contributed by atoms with E-state index in [1.807, 2.05) is 36.0 Å². The molecule has 0 atom stereocenters. The lowest BCUT2D eigenvalue weighted by atomic mass is 10.2. The number of rotatable bonds is 6. The number of urea groups is 1. The van der Waals surface area contributed by atoms with Crippen LogP contribution in [0.25, 0.3) is 0 Å². The molecule has 1 saturated heterocycles. The number of carbonyl (C=O) groups is 1. The molecule has 2 aromatic carbocycles. The third-order valence-electron chi connectivity index (χ3n) is 4.68. The van der Waals surface area contributed by atoms with Crippen LogP contribution in [0.15, 0.2) is 48.5 Å². The van der Waals surface area contributed by atoms with E-state index >= 15 is 0 Å². The molecule has 1 N–H and O–H groups in total. The summed E-state index contributed by atoms with van der Waals surface area (Å²) < 4.78 is 5.16. The zero-order valence-corrected chi connectivity index (χ0v) is 16.8. The van der Waals surface area contributed by atoms with Crippen LogP contribution in [-0.4, -0.2) is 49.7 Å². The molecule has 1 fully saturated rings. The number of anilines is 1. The third-order valence-corrected chi connectivity index (χ3v) is 5.62. The number of methoxy groups -OCH3 is 1. The fourth-order valence-corrected chi connectivity index (χ4v) is 3.94. The number of nitrogens with zero attached hydrogens (tertiary/aromatic N) is 2. The first-order chi connectivity index (χ1) is 13.2. The molecule has 27 heavy (non-hydrogen) atoms. The number of carbonyl (C=O) groups excluding carboxylic acids is 1. The molecular weight excluding hydrogens is 358 g/mol. The number of hydrogen-bond donors (Lipinski definition) is 1. The van der Waals surface area contributed by atoms with Gasteiger partial charge in [0.05, 0.1) is 7.11 Å². The van der Waals surface area contributed by atoms with Crippen LogP contribution in [0, 0.1) is 0 Å². The van der Waals surface area contributed by atoms with Crippen molar-refractivity contribution in [2.45, 2.75) is 13.1 Å². The second kappa shape index (κ2) is 9.55. The van der Waals surface area contributed by atoms with E-state index in [0.29, 0.717) is 13.1 Å². The van der Waals surface area contributed by atoms with E-state index in [9.17, 15) is 4.79 Å². The molecule has 0 bridgehead atoms. The summed E-state index contributed by atoms with van der Waals surface area (Å²) in [7, 11) is 3.45. The Hall–Kier alpha value is -2.34. The van der Waals surface area contributed by atoms with E-state index < -0.39 is 0 Å². The molecule has 0 unspecified atom stereocenters. The highest BCUT2D eigenvalue weighted by molar-refractivity contribution is 7.99. The topological polar surface area (TPSA) is 44.8 Å². The van der Waals surface area contributed by atoms with Crippen LogP contribution in [0.1, 0.15) is 11.1 Å². The van der Waals surface area contributed by atoms with Crippen molar-refractivity contribution in [3.63, 3.8) is 0 Å². The zero-order chi connectivity index (χ0) is 19.1. The minimum Gasteiger partial charge on any atom is -0.497 e. The third kappa shape index (κ3) is 5.57. The predicted molar refractivity (Wildman–Crippen MR) is 113 cm³/mol. The van der Waals surface area contributed by atoms with E-state index in [1.165, 1.54) is 17.2 Å². The van der Waals surface area contributed by atoms with Gasteiger partial charge in [0.2, 0.25) is 0 Å². The maximum atomic E-state index is 12.3. The van der Waals surface area contributed by atoms with E-state index in [0.717, 1.165) is 30.0 Å². The summed E-state index contributed by atoms with van der Waals surface area (Å²) in [5.41, 5.74) is 3.44. The van der Waals surface area contributed by atoms with Crippen molar-refractivity contribution in [2.24, 2.45) is 0 Å². The summed E-state index contributed by atoms with van der Waals surface area (Å²) in [5, 5.41) is 2.99. The summed E-state index contributed by atoms with van der Waals surface area (Å²) in [6, 6.07) is 16.2. The molecule has 6 heteroatoms. The van der Waals surface area contributed by atoms with Crippen molar-refractivity contribution in [2.75, 3.05) is 43.7 Å². The first-order valence-corrected chi connectivity index (χ1v) is 10.3. The van der Waals surface area contributed by atoms with Crippen molar-refractivity contribution >= 4 is 23.5 Å². The van der Waals surface area contributed by atoms with Crippen LogP contribution < -0.4 is 15.0 Å². The molecule has 5 nitrogen and oxygen atoms in total. The van der Waals surface area contributed by atoms with Gasteiger partial charge < -0.3 is 19.9 Å². The molecule has 144 valence electrons. The Kier molecular flexibility index (Phi) is 6.87. The zero-order valence-electron chi connectivity index (χ0n) is 16.0. The largest absolute Gasteiger partial charge is 0.497 e. The van der Waals surface area contributed by atoms with Crippen molar-refractivity contribution in [3.8, 4) is 5.75 Å². The highest BCUT2D eigenvalue weighted by atomic mass is 32.2. The van der Waals surface area contributed by atoms with Crippen molar-refractivity contribution in [1.82, 2.24) is 10.2 Å². The van der Waals surface area contributed by atoms with Gasteiger partial charge in [-0.3, -0.25) is 0 Å². The van der Waals surface area contributed by atoms with E-state index in [2.05, 4.69) is 34.5 Å². The van der Waals surface area contributed by atoms with Crippen molar-refractivity contribution in [1.29, 1.82) is 0 Å². The van der Waals surface area contributed by atoms with Crippen molar-refractivity contribution < 1.29 is 9.53 Å². The Morgan fingerprint density at radius 1 is 1.07 bits per heavy atom. The quantitative estimate of drug-likeness (QED) is 0.825. The number of nitrogens with one attached hydrogen (secondary N) is 1. The van der Waals surface area contributed by atoms with Gasteiger partial charge in [0, 0.05) is 50.4 Å². The summed E-state index contributed by atoms with van der Waals surface area (Å²) in [4.78, 5) is 16.4. The number of benzene rings is 2. The van der Waals surface area contributed by atoms with Crippen molar-refractivity contribution in [3.05, 3.63) is 59.7 Å². The summed E-state index contributed by atoms with van der Waals surface area (Å²) >= 11 is 2.01. The molecule has 1 aliphatic rings. The first-order valence-electron chi connectivity index (χ1n) is 9.19. The Morgan fingerprint density at radius 3 is 2.33 bits per heavy atom. The number of amides is 2. The highest BCUT2D eigenvalue weighted by Gasteiger charge is 2.12. The molecule has 2 aromatic rings. The lowest BCUT2D eigenvalue weighted by molar-refractivity contribution is 0.206. The average Bonchev–Trinajstić information content (AvgIpc) is 2.73. The van der Waals surface area contributed by atoms with Gasteiger partial charge in [-0.1, -0.05) is 24.3 Å². The van der Waals surface area contributed by atoms with Gasteiger partial charge >= 0.3 is 6.03 Å². The maximum absolute atomic E-state index is 12.3. The minimum atomic E-state index is -0.0806. The lowest BCUT2D eigenvalue weighted by Crippen LogP contribution is -2.36. The fraction of sp³-hybridized carbons (Fsp3) is 0.381. The predicted octanol–water partition coefficient (Wildman–Crippen LogP) is 3.59. The van der Waals surface area contributed by atoms with Crippen LogP contribution >= 0.6 is 11.8 Å². The molecule has 1 heterocycles. The van der Waals surface area contributed by atoms with Crippen LogP contribution in [-0.2, 0) is 13.1 Å². The standard InChI is InChI=1S/C21H27N3O2S/c1-23(16-18-5-9-20(26-2)10-6-18)21(25)22-15-17-3-7-19(8-4-17)24-11-13-27-14-12-24/h3-10H,11-16H2,1-2H3,(H,22,25). The second-order valence-electron chi connectivity index (χ2n) is 6.63. The van der Waals surface area contributed by atoms with Gasteiger partial charge in [0.25, 0.3) is 0 Å². The average molecular weight is 386 g/mol. The number of thioether (sulfide) groups is 1. The first kappa shape index (κ1) is 19.4. The van der Waals surface area contributed by atoms with Gasteiger partial charge in [0.15, 0.2) is 0 Å². The van der Waals surface area contributed by atoms with Gasteiger partial charge in [-0.05, 0) is 35.4 Å². The molecule has 0 saturated carbocycles. The Labute approximate surface area is 165 Å². The Balaban J connectivity index is 1.47. The molecule has 3 rings (SSSR count). The molecule has 0 spiro atoms. The van der Waals surface area contributed by atoms with Gasteiger partial charge in [0.1, 0.15) is 5.75 Å². The maximum Gasteiger partial charge on any atom is 0.317 e. The molecule has 1 aliphatic heterocycles. The lowest BCUT2D eigenvalue weighted by Gasteiger charge is -2.28.